The zero-order valence-electron chi connectivity index (χ0n) is 12.1. The molecule has 0 aliphatic heterocycles. The molecule has 0 amide bonds. The van der Waals surface area contributed by atoms with Crippen LogP contribution in [0.4, 0.5) is 5.82 Å². The first-order valence-electron chi connectivity index (χ1n) is 7.22. The van der Waals surface area contributed by atoms with E-state index in [1.54, 1.807) is 6.20 Å². The number of fused-ring (bicyclic) bond motifs is 1. The van der Waals surface area contributed by atoms with Crippen LogP contribution in [0.25, 0.3) is 10.8 Å². The lowest BCUT2D eigenvalue weighted by atomic mass is 9.94. The van der Waals surface area contributed by atoms with Gasteiger partial charge in [-0.05, 0) is 28.9 Å². The summed E-state index contributed by atoms with van der Waals surface area (Å²) < 4.78 is 0. The first-order valence-corrected chi connectivity index (χ1v) is 7.22. The molecule has 3 aromatic rings. The van der Waals surface area contributed by atoms with E-state index >= 15 is 0 Å². The Morgan fingerprint density at radius 1 is 1.00 bits per heavy atom. The smallest absolute Gasteiger partial charge is 0.128 e. The van der Waals surface area contributed by atoms with Gasteiger partial charge in [0.15, 0.2) is 0 Å². The largest absolute Gasteiger partial charge is 0.383 e. The van der Waals surface area contributed by atoms with Gasteiger partial charge >= 0.3 is 0 Å². The number of nitrogens with two attached hydrogens (primary N) is 1. The Hall–Kier alpha value is -2.39. The molecule has 0 aliphatic rings. The van der Waals surface area contributed by atoms with Gasteiger partial charge in [0.2, 0.25) is 0 Å². The van der Waals surface area contributed by atoms with E-state index in [0.29, 0.717) is 5.82 Å². The second-order valence-corrected chi connectivity index (χ2v) is 5.04. The van der Waals surface area contributed by atoms with Crippen LogP contribution in [0, 0.1) is 0 Å². The molecule has 3 N–H and O–H groups in total. The van der Waals surface area contributed by atoms with Crippen molar-refractivity contribution >= 4 is 16.6 Å². The van der Waals surface area contributed by atoms with Gasteiger partial charge in [-0.25, -0.2) is 4.98 Å². The number of nitrogen functional groups attached to an aromatic ring is 1. The minimum absolute atomic E-state index is 0.0507. The topological polar surface area (TPSA) is 50.9 Å². The predicted molar refractivity (Wildman–Crippen MR) is 88.1 cm³/mol. The number of pyridine rings is 1. The van der Waals surface area contributed by atoms with Gasteiger partial charge in [-0.15, -0.1) is 0 Å². The van der Waals surface area contributed by atoms with E-state index in [2.05, 4.69) is 59.7 Å². The zero-order chi connectivity index (χ0) is 14.7. The van der Waals surface area contributed by atoms with Gasteiger partial charge in [0.1, 0.15) is 5.82 Å². The van der Waals surface area contributed by atoms with Crippen molar-refractivity contribution in [1.29, 1.82) is 0 Å². The van der Waals surface area contributed by atoms with Gasteiger partial charge in [-0.2, -0.15) is 0 Å². The molecule has 0 radical (unpaired) electrons. The van der Waals surface area contributed by atoms with Crippen molar-refractivity contribution < 1.29 is 0 Å². The second kappa shape index (κ2) is 5.94. The number of nitrogens with zero attached hydrogens (tertiary/aromatic N) is 1. The fraction of sp³-hybridized carbons (Fsp3) is 0.167. The van der Waals surface area contributed by atoms with Crippen molar-refractivity contribution in [3.05, 3.63) is 71.9 Å². The predicted octanol–water partition coefficient (Wildman–Crippen LogP) is 3.52. The highest BCUT2D eigenvalue weighted by Crippen LogP contribution is 2.30. The molecule has 2 aromatic carbocycles. The Labute approximate surface area is 124 Å². The zero-order valence-corrected chi connectivity index (χ0v) is 12.1. The highest BCUT2D eigenvalue weighted by molar-refractivity contribution is 5.86. The quantitative estimate of drug-likeness (QED) is 0.767. The lowest BCUT2D eigenvalue weighted by Crippen LogP contribution is -2.23. The van der Waals surface area contributed by atoms with Crippen molar-refractivity contribution in [2.45, 2.75) is 13.0 Å². The van der Waals surface area contributed by atoms with Gasteiger partial charge in [0, 0.05) is 11.8 Å². The van der Waals surface area contributed by atoms with Crippen LogP contribution in [0.1, 0.15) is 24.1 Å². The Bertz CT molecular complexity index is 747. The SMILES string of the molecule is CCNC(c1cccnc1N)c1cccc2ccccc12. The summed E-state index contributed by atoms with van der Waals surface area (Å²) in [6, 6.07) is 18.8. The summed E-state index contributed by atoms with van der Waals surface area (Å²) in [4.78, 5) is 4.23. The molecule has 0 saturated heterocycles. The monoisotopic (exact) mass is 277 g/mol. The summed E-state index contributed by atoms with van der Waals surface area (Å²) in [6.07, 6.45) is 1.73. The molecule has 3 nitrogen and oxygen atoms in total. The molecule has 21 heavy (non-hydrogen) atoms. The maximum absolute atomic E-state index is 6.08. The van der Waals surface area contributed by atoms with Gasteiger partial charge < -0.3 is 11.1 Å². The number of hydrogen-bond donors (Lipinski definition) is 2. The molecule has 0 spiro atoms. The normalized spacial score (nSPS) is 12.4. The standard InChI is InChI=1S/C18H19N3/c1-2-20-17(16-11-6-12-21-18(16)19)15-10-5-8-13-7-3-4-9-14(13)15/h3-12,17,20H,2H2,1H3,(H2,19,21). The lowest BCUT2D eigenvalue weighted by molar-refractivity contribution is 0.634. The van der Waals surface area contributed by atoms with E-state index in [9.17, 15) is 0 Å². The summed E-state index contributed by atoms with van der Waals surface area (Å²) >= 11 is 0. The van der Waals surface area contributed by atoms with E-state index in [0.717, 1.165) is 12.1 Å². The van der Waals surface area contributed by atoms with E-state index < -0.39 is 0 Å². The van der Waals surface area contributed by atoms with E-state index in [1.165, 1.54) is 16.3 Å². The molecule has 0 fully saturated rings. The van der Waals surface area contributed by atoms with E-state index in [4.69, 9.17) is 5.73 Å². The molecule has 0 bridgehead atoms. The fourth-order valence-electron chi connectivity index (χ4n) is 2.77. The molecule has 1 atom stereocenters. The highest BCUT2D eigenvalue weighted by atomic mass is 14.9. The fourth-order valence-corrected chi connectivity index (χ4v) is 2.77. The number of aromatic nitrogens is 1. The summed E-state index contributed by atoms with van der Waals surface area (Å²) in [6.45, 7) is 2.97. The molecule has 0 saturated carbocycles. The average Bonchev–Trinajstić information content (AvgIpc) is 2.53. The summed E-state index contributed by atoms with van der Waals surface area (Å²) in [7, 11) is 0. The molecule has 3 rings (SSSR count). The van der Waals surface area contributed by atoms with Crippen molar-refractivity contribution in [1.82, 2.24) is 10.3 Å². The summed E-state index contributed by atoms with van der Waals surface area (Å²) in [5, 5.41) is 6.01. The van der Waals surface area contributed by atoms with Crippen molar-refractivity contribution in [3.8, 4) is 0 Å². The number of anilines is 1. The summed E-state index contributed by atoms with van der Waals surface area (Å²) in [5.74, 6) is 0.580. The average molecular weight is 277 g/mol. The third kappa shape index (κ3) is 2.60. The van der Waals surface area contributed by atoms with Gasteiger partial charge in [-0.3, -0.25) is 0 Å². The molecular weight excluding hydrogens is 258 g/mol. The second-order valence-electron chi connectivity index (χ2n) is 5.04. The van der Waals surface area contributed by atoms with Gasteiger partial charge in [0.05, 0.1) is 6.04 Å². The minimum Gasteiger partial charge on any atom is -0.383 e. The third-order valence-corrected chi connectivity index (χ3v) is 3.72. The molecule has 1 unspecified atom stereocenters. The molecule has 106 valence electrons. The van der Waals surface area contributed by atoms with Crippen molar-refractivity contribution in [2.24, 2.45) is 0 Å². The highest BCUT2D eigenvalue weighted by Gasteiger charge is 2.18. The van der Waals surface area contributed by atoms with Crippen LogP contribution in [-0.4, -0.2) is 11.5 Å². The van der Waals surface area contributed by atoms with Crippen LogP contribution < -0.4 is 11.1 Å². The molecule has 3 heteroatoms. The van der Waals surface area contributed by atoms with Crippen LogP contribution in [0.15, 0.2) is 60.8 Å². The summed E-state index contributed by atoms with van der Waals surface area (Å²) in [5.41, 5.74) is 8.34. The number of rotatable bonds is 4. The van der Waals surface area contributed by atoms with Crippen LogP contribution in [-0.2, 0) is 0 Å². The van der Waals surface area contributed by atoms with E-state index in [-0.39, 0.29) is 6.04 Å². The molecule has 1 aromatic heterocycles. The maximum Gasteiger partial charge on any atom is 0.128 e. The lowest BCUT2D eigenvalue weighted by Gasteiger charge is -2.21. The Morgan fingerprint density at radius 2 is 1.76 bits per heavy atom. The van der Waals surface area contributed by atoms with E-state index in [1.807, 2.05) is 12.1 Å². The third-order valence-electron chi connectivity index (χ3n) is 3.72. The Morgan fingerprint density at radius 3 is 2.57 bits per heavy atom. The van der Waals surface area contributed by atoms with Gasteiger partial charge in [-0.1, -0.05) is 55.5 Å². The van der Waals surface area contributed by atoms with Crippen LogP contribution in [0.5, 0.6) is 0 Å². The Kier molecular flexibility index (Phi) is 3.84. The van der Waals surface area contributed by atoms with Crippen molar-refractivity contribution in [2.75, 3.05) is 12.3 Å². The number of hydrogen-bond acceptors (Lipinski definition) is 3. The van der Waals surface area contributed by atoms with Crippen LogP contribution in [0.3, 0.4) is 0 Å². The minimum atomic E-state index is 0.0507. The van der Waals surface area contributed by atoms with Crippen LogP contribution in [0.2, 0.25) is 0 Å². The van der Waals surface area contributed by atoms with Gasteiger partial charge in [0.25, 0.3) is 0 Å². The van der Waals surface area contributed by atoms with Crippen molar-refractivity contribution in [3.63, 3.8) is 0 Å². The number of nitrogens with one attached hydrogen (secondary N) is 1. The molecule has 1 heterocycles. The maximum atomic E-state index is 6.08. The first-order chi connectivity index (χ1) is 10.3. The number of benzene rings is 2. The van der Waals surface area contributed by atoms with Crippen LogP contribution >= 0.6 is 0 Å². The molecule has 0 aliphatic carbocycles. The molecular formula is C18H19N3. The Balaban J connectivity index is 2.19. The first kappa shape index (κ1) is 13.6.